The molecule has 8 nitrogen and oxygen atoms in total. The van der Waals surface area contributed by atoms with Gasteiger partial charge >= 0.3 is 11.9 Å². The molecule has 0 radical (unpaired) electrons. The lowest BCUT2D eigenvalue weighted by Crippen LogP contribution is -2.10. The van der Waals surface area contributed by atoms with Gasteiger partial charge in [0.05, 0.1) is 33.6 Å². The van der Waals surface area contributed by atoms with Gasteiger partial charge in [-0.15, -0.1) is 10.2 Å². The lowest BCUT2D eigenvalue weighted by atomic mass is 9.91. The van der Waals surface area contributed by atoms with Crippen LogP contribution in [0.2, 0.25) is 0 Å². The molecule has 52 heavy (non-hydrogen) atoms. The molecule has 6 rings (SSSR count). The number of ketones is 2. The normalized spacial score (nSPS) is 11.0. The molecule has 256 valence electrons. The number of rotatable bonds is 14. The van der Waals surface area contributed by atoms with Gasteiger partial charge in [-0.05, 0) is 72.2 Å². The Bertz CT molecular complexity index is 2110. The molecule has 0 saturated carbocycles. The van der Waals surface area contributed by atoms with Crippen LogP contribution in [0.3, 0.4) is 0 Å². The van der Waals surface area contributed by atoms with Crippen LogP contribution in [0.5, 0.6) is 0 Å². The molecule has 0 aliphatic carbocycles. The molecule has 0 bridgehead atoms. The van der Waals surface area contributed by atoms with Gasteiger partial charge in [-0.25, -0.2) is 9.59 Å². The van der Waals surface area contributed by atoms with E-state index in [1.807, 2.05) is 60.7 Å². The monoisotopic (exact) mass is 686 g/mol. The number of aryl methyl sites for hydroxylation is 4. The van der Waals surface area contributed by atoms with Gasteiger partial charge in [0.25, 0.3) is 0 Å². The van der Waals surface area contributed by atoms with Crippen LogP contribution in [0.4, 0.5) is 11.4 Å². The third-order valence-corrected chi connectivity index (χ3v) is 8.74. The van der Waals surface area contributed by atoms with E-state index in [1.54, 1.807) is 60.7 Å². The first-order chi connectivity index (χ1) is 25.3. The zero-order valence-electron chi connectivity index (χ0n) is 28.1. The highest BCUT2D eigenvalue weighted by atomic mass is 16.4. The maximum Gasteiger partial charge on any atom is 0.335 e. The zero-order chi connectivity index (χ0) is 36.5. The van der Waals surface area contributed by atoms with Crippen molar-refractivity contribution in [1.29, 1.82) is 0 Å². The highest BCUT2D eigenvalue weighted by Gasteiger charge is 2.24. The first-order valence-electron chi connectivity index (χ1n) is 16.8. The Balaban J connectivity index is 1.53. The summed E-state index contributed by atoms with van der Waals surface area (Å²) in [6, 6.07) is 42.0. The van der Waals surface area contributed by atoms with E-state index in [0.29, 0.717) is 47.9 Å². The molecule has 0 aliphatic heterocycles. The third-order valence-electron chi connectivity index (χ3n) is 8.74. The molecule has 0 saturated heterocycles. The number of carbonyl (C=O) groups is 4. The van der Waals surface area contributed by atoms with Gasteiger partial charge in [0.2, 0.25) is 0 Å². The largest absolute Gasteiger partial charge is 0.478 e. The summed E-state index contributed by atoms with van der Waals surface area (Å²) >= 11 is 0. The van der Waals surface area contributed by atoms with Crippen LogP contribution in [0.25, 0.3) is 0 Å². The number of carbonyl (C=O) groups excluding carboxylic acids is 2. The SMILES string of the molecule is O=C(O)c1cc(CCc2ccccc2)c(C(=O)c2ccccc2)c(N=Nc2cc(C(=O)O)cc(CCc3ccccc3)c2C(=O)c2ccccc2)c1. The van der Waals surface area contributed by atoms with Gasteiger partial charge in [-0.2, -0.15) is 0 Å². The van der Waals surface area contributed by atoms with Crippen molar-refractivity contribution in [3.8, 4) is 0 Å². The highest BCUT2D eigenvalue weighted by molar-refractivity contribution is 6.14. The second kappa shape index (κ2) is 16.3. The van der Waals surface area contributed by atoms with Crippen molar-refractivity contribution in [2.75, 3.05) is 0 Å². The summed E-state index contributed by atoms with van der Waals surface area (Å²) in [5, 5.41) is 29.2. The first kappa shape index (κ1) is 35.0. The molecule has 0 unspecified atom stereocenters. The molecule has 6 aromatic carbocycles. The smallest absolute Gasteiger partial charge is 0.335 e. The van der Waals surface area contributed by atoms with Crippen LogP contribution in [0, 0.1) is 0 Å². The number of carboxylic acids is 2. The molecule has 0 heterocycles. The minimum Gasteiger partial charge on any atom is -0.478 e. The molecule has 8 heteroatoms. The van der Waals surface area contributed by atoms with Crippen molar-refractivity contribution in [1.82, 2.24) is 0 Å². The molecule has 0 fully saturated rings. The quantitative estimate of drug-likeness (QED) is 0.0866. The standard InChI is InChI=1S/C44H34N2O6/c47-41(31-17-9-3-10-18-31)39-33(23-21-29-13-5-1-6-14-29)25-35(43(49)50)27-37(39)45-46-38-28-36(44(51)52)26-34(24-22-30-15-7-2-8-16-30)40(38)42(48)32-19-11-4-12-20-32/h1-20,25-28H,21-24H2,(H,49,50)(H,51,52). The molecule has 0 aliphatic rings. The van der Waals surface area contributed by atoms with Crippen LogP contribution < -0.4 is 0 Å². The van der Waals surface area contributed by atoms with E-state index in [9.17, 15) is 29.4 Å². The summed E-state index contributed by atoms with van der Waals surface area (Å²) in [7, 11) is 0. The minimum absolute atomic E-state index is 0.0125. The number of aromatic carboxylic acids is 2. The topological polar surface area (TPSA) is 133 Å². The summed E-state index contributed by atoms with van der Waals surface area (Å²) in [6.45, 7) is 0. The Kier molecular flexibility index (Phi) is 11.0. The lowest BCUT2D eigenvalue weighted by molar-refractivity contribution is 0.0686. The fraction of sp³-hybridized carbons (Fsp3) is 0.0909. The highest BCUT2D eigenvalue weighted by Crippen LogP contribution is 2.34. The van der Waals surface area contributed by atoms with Crippen LogP contribution >= 0.6 is 0 Å². The predicted molar refractivity (Wildman–Crippen MR) is 198 cm³/mol. The summed E-state index contributed by atoms with van der Waals surface area (Å²) in [5.41, 5.74) is 3.82. The number of hydrogen-bond donors (Lipinski definition) is 2. The molecular formula is C44H34N2O6. The second-order valence-electron chi connectivity index (χ2n) is 12.2. The van der Waals surface area contributed by atoms with E-state index in [4.69, 9.17) is 0 Å². The van der Waals surface area contributed by atoms with Crippen molar-refractivity contribution in [3.63, 3.8) is 0 Å². The average Bonchev–Trinajstić information content (AvgIpc) is 3.18. The van der Waals surface area contributed by atoms with Gasteiger partial charge < -0.3 is 10.2 Å². The second-order valence-corrected chi connectivity index (χ2v) is 12.2. The zero-order valence-corrected chi connectivity index (χ0v) is 28.1. The van der Waals surface area contributed by atoms with E-state index in [2.05, 4.69) is 10.2 Å². The first-order valence-corrected chi connectivity index (χ1v) is 16.8. The molecule has 0 spiro atoms. The van der Waals surface area contributed by atoms with E-state index in [1.165, 1.54) is 24.3 Å². The Morgan fingerprint density at radius 3 is 1.06 bits per heavy atom. The fourth-order valence-electron chi connectivity index (χ4n) is 6.12. The molecular weight excluding hydrogens is 652 g/mol. The van der Waals surface area contributed by atoms with Gasteiger partial charge in [-0.3, -0.25) is 9.59 Å². The number of carboxylic acid groups (broad SMARTS) is 2. The van der Waals surface area contributed by atoms with E-state index in [-0.39, 0.29) is 45.2 Å². The summed E-state index contributed by atoms with van der Waals surface area (Å²) in [4.78, 5) is 53.2. The Morgan fingerprint density at radius 1 is 0.404 bits per heavy atom. The molecule has 6 aromatic rings. The third kappa shape index (κ3) is 8.31. The maximum atomic E-state index is 14.2. The lowest BCUT2D eigenvalue weighted by Gasteiger charge is -2.15. The minimum atomic E-state index is -1.22. The molecule has 0 atom stereocenters. The predicted octanol–water partition coefficient (Wildman–Crippen LogP) is 9.53. The van der Waals surface area contributed by atoms with Crippen LogP contribution in [-0.4, -0.2) is 33.7 Å². The average molecular weight is 687 g/mol. The van der Waals surface area contributed by atoms with Crippen molar-refractivity contribution >= 4 is 34.9 Å². The van der Waals surface area contributed by atoms with Gasteiger partial charge in [0.15, 0.2) is 11.6 Å². The van der Waals surface area contributed by atoms with E-state index >= 15 is 0 Å². The number of nitrogens with zero attached hydrogens (tertiary/aromatic N) is 2. The Hall–Kier alpha value is -6.80. The number of benzene rings is 6. The molecule has 2 N–H and O–H groups in total. The van der Waals surface area contributed by atoms with Crippen molar-refractivity contribution in [3.05, 3.63) is 201 Å². The molecule has 0 amide bonds. The number of azo groups is 1. The van der Waals surface area contributed by atoms with Gasteiger partial charge in [0, 0.05) is 11.1 Å². The van der Waals surface area contributed by atoms with Crippen LogP contribution in [0.1, 0.15) is 74.8 Å². The van der Waals surface area contributed by atoms with Crippen molar-refractivity contribution < 1.29 is 29.4 Å². The van der Waals surface area contributed by atoms with E-state index in [0.717, 1.165) is 11.1 Å². The van der Waals surface area contributed by atoms with Gasteiger partial charge in [0.1, 0.15) is 0 Å². The molecule has 0 aromatic heterocycles. The number of hydrogen-bond acceptors (Lipinski definition) is 6. The Morgan fingerprint density at radius 2 is 0.731 bits per heavy atom. The van der Waals surface area contributed by atoms with Crippen molar-refractivity contribution in [2.24, 2.45) is 10.2 Å². The van der Waals surface area contributed by atoms with Crippen LogP contribution in [0.15, 0.2) is 156 Å². The summed E-state index contributed by atoms with van der Waals surface area (Å²) < 4.78 is 0. The van der Waals surface area contributed by atoms with E-state index < -0.39 is 11.9 Å². The van der Waals surface area contributed by atoms with Gasteiger partial charge in [-0.1, -0.05) is 121 Å². The van der Waals surface area contributed by atoms with Crippen LogP contribution in [-0.2, 0) is 25.7 Å². The van der Waals surface area contributed by atoms with Crippen molar-refractivity contribution in [2.45, 2.75) is 25.7 Å². The maximum absolute atomic E-state index is 14.2. The summed E-state index contributed by atoms with van der Waals surface area (Å²) in [6.07, 6.45) is 1.71. The Labute approximate surface area is 300 Å². The fourth-order valence-corrected chi connectivity index (χ4v) is 6.12. The summed E-state index contributed by atoms with van der Waals surface area (Å²) in [5.74, 6) is -3.18.